The fourth-order valence-electron chi connectivity index (χ4n) is 1.67. The smallest absolute Gasteiger partial charge is 0.335 e. The van der Waals surface area contributed by atoms with Crippen LogP contribution >= 0.6 is 22.6 Å². The Morgan fingerprint density at radius 1 is 1.29 bits per heavy atom. The molecule has 5 nitrogen and oxygen atoms in total. The molecule has 17 heavy (non-hydrogen) atoms. The molecule has 0 radical (unpaired) electrons. The lowest BCUT2D eigenvalue weighted by Gasteiger charge is -2.15. The zero-order chi connectivity index (χ0) is 12.6. The van der Waals surface area contributed by atoms with E-state index in [0.29, 0.717) is 15.8 Å². The summed E-state index contributed by atoms with van der Waals surface area (Å²) < 4.78 is 0.713. The maximum absolute atomic E-state index is 11.5. The number of Topliss-reactive ketones (excluding diaryl/α,β-unsaturated/α-hetero) is 1. The number of anilines is 1. The second kappa shape index (κ2) is 4.44. The number of rotatable bonds is 2. The summed E-state index contributed by atoms with van der Waals surface area (Å²) in [4.78, 5) is 34.9. The number of hydrogen-bond acceptors (Lipinski definition) is 3. The molecular formula is C11H8INO4. The van der Waals surface area contributed by atoms with E-state index in [4.69, 9.17) is 5.11 Å². The molecule has 1 heterocycles. The number of nitrogens with zero attached hydrogens (tertiary/aromatic N) is 1. The van der Waals surface area contributed by atoms with Crippen molar-refractivity contribution in [1.82, 2.24) is 0 Å². The van der Waals surface area contributed by atoms with Crippen molar-refractivity contribution < 1.29 is 19.5 Å². The monoisotopic (exact) mass is 345 g/mol. The van der Waals surface area contributed by atoms with Crippen LogP contribution in [0, 0.1) is 3.57 Å². The fraction of sp³-hybridized carbons (Fsp3) is 0.182. The zero-order valence-corrected chi connectivity index (χ0v) is 10.8. The number of carboxylic acid groups (broad SMARTS) is 1. The van der Waals surface area contributed by atoms with Crippen LogP contribution in [0.2, 0.25) is 0 Å². The molecule has 6 heteroatoms. The van der Waals surface area contributed by atoms with Gasteiger partial charge in [-0.1, -0.05) is 0 Å². The highest BCUT2D eigenvalue weighted by molar-refractivity contribution is 14.1. The molecule has 0 unspecified atom stereocenters. The summed E-state index contributed by atoms with van der Waals surface area (Å²) in [5.41, 5.74) is 0.573. The average molecular weight is 345 g/mol. The van der Waals surface area contributed by atoms with Gasteiger partial charge >= 0.3 is 5.97 Å². The van der Waals surface area contributed by atoms with Crippen LogP contribution in [-0.4, -0.2) is 29.3 Å². The highest BCUT2D eigenvalue weighted by Gasteiger charge is 2.30. The SMILES string of the molecule is O=C1CCN(c2cc(I)cc(C(=O)O)c2)C1=O. The summed E-state index contributed by atoms with van der Waals surface area (Å²) in [6, 6.07) is 4.60. The first-order valence-corrected chi connectivity index (χ1v) is 5.95. The molecule has 0 aliphatic carbocycles. The largest absolute Gasteiger partial charge is 0.478 e. The first-order chi connectivity index (χ1) is 7.99. The lowest BCUT2D eigenvalue weighted by molar-refractivity contribution is -0.133. The van der Waals surface area contributed by atoms with Crippen molar-refractivity contribution in [3.05, 3.63) is 27.3 Å². The van der Waals surface area contributed by atoms with Crippen LogP contribution in [-0.2, 0) is 9.59 Å². The first kappa shape index (κ1) is 12.0. The minimum Gasteiger partial charge on any atom is -0.478 e. The fourth-order valence-corrected chi connectivity index (χ4v) is 2.33. The van der Waals surface area contributed by atoms with E-state index in [0.717, 1.165) is 0 Å². The number of aromatic carboxylic acids is 1. The number of benzene rings is 1. The summed E-state index contributed by atoms with van der Waals surface area (Å²) in [5, 5.41) is 8.92. The van der Waals surface area contributed by atoms with Gasteiger partial charge in [0.1, 0.15) is 0 Å². The van der Waals surface area contributed by atoms with E-state index in [2.05, 4.69) is 0 Å². The highest BCUT2D eigenvalue weighted by Crippen LogP contribution is 2.24. The standard InChI is InChI=1S/C11H8INO4/c12-7-3-6(11(16)17)4-8(5-7)13-2-1-9(14)10(13)15/h3-5H,1-2H2,(H,16,17). The zero-order valence-electron chi connectivity index (χ0n) is 8.64. The van der Waals surface area contributed by atoms with Crippen molar-refractivity contribution in [2.24, 2.45) is 0 Å². The van der Waals surface area contributed by atoms with E-state index in [1.165, 1.54) is 17.0 Å². The molecule has 0 aromatic heterocycles. The predicted octanol–water partition coefficient (Wildman–Crippen LogP) is 1.30. The maximum atomic E-state index is 11.5. The third kappa shape index (κ3) is 2.31. The van der Waals surface area contributed by atoms with Crippen LogP contribution in [0.25, 0.3) is 0 Å². The van der Waals surface area contributed by atoms with Gasteiger partial charge in [-0.05, 0) is 40.8 Å². The van der Waals surface area contributed by atoms with E-state index in [1.54, 1.807) is 6.07 Å². The normalized spacial score (nSPS) is 15.5. The van der Waals surface area contributed by atoms with Crippen LogP contribution < -0.4 is 4.90 Å². The number of carboxylic acids is 1. The second-order valence-electron chi connectivity index (χ2n) is 3.63. The van der Waals surface area contributed by atoms with E-state index in [9.17, 15) is 14.4 Å². The van der Waals surface area contributed by atoms with Gasteiger partial charge in [-0.2, -0.15) is 0 Å². The van der Waals surface area contributed by atoms with Gasteiger partial charge in [0.2, 0.25) is 5.78 Å². The van der Waals surface area contributed by atoms with Gasteiger partial charge in [0.05, 0.1) is 5.56 Å². The predicted molar refractivity (Wildman–Crippen MR) is 68.1 cm³/mol. The van der Waals surface area contributed by atoms with Crippen molar-refractivity contribution in [2.75, 3.05) is 11.4 Å². The number of halogens is 1. The third-order valence-electron chi connectivity index (χ3n) is 2.49. The number of carbonyl (C=O) groups is 3. The van der Waals surface area contributed by atoms with E-state index in [-0.39, 0.29) is 12.0 Å². The van der Waals surface area contributed by atoms with Crippen molar-refractivity contribution in [3.63, 3.8) is 0 Å². The highest BCUT2D eigenvalue weighted by atomic mass is 127. The van der Waals surface area contributed by atoms with E-state index < -0.39 is 17.7 Å². The van der Waals surface area contributed by atoms with Gasteiger partial charge in [0.25, 0.3) is 5.91 Å². The van der Waals surface area contributed by atoms with Crippen molar-refractivity contribution in [2.45, 2.75) is 6.42 Å². The lowest BCUT2D eigenvalue weighted by atomic mass is 10.2. The number of carbonyl (C=O) groups excluding carboxylic acids is 2. The summed E-state index contributed by atoms with van der Waals surface area (Å²) in [5.74, 6) is -2.05. The second-order valence-corrected chi connectivity index (χ2v) is 4.88. The average Bonchev–Trinajstić information content (AvgIpc) is 2.59. The summed E-state index contributed by atoms with van der Waals surface area (Å²) >= 11 is 1.98. The Morgan fingerprint density at radius 3 is 2.53 bits per heavy atom. The molecule has 1 aromatic carbocycles. The molecule has 2 rings (SSSR count). The Morgan fingerprint density at radius 2 is 2.00 bits per heavy atom. The van der Waals surface area contributed by atoms with Crippen LogP contribution in [0.3, 0.4) is 0 Å². The molecule has 0 atom stereocenters. The van der Waals surface area contributed by atoms with E-state index >= 15 is 0 Å². The molecule has 1 aromatic rings. The van der Waals surface area contributed by atoms with Gasteiger partial charge in [0.15, 0.2) is 0 Å². The van der Waals surface area contributed by atoms with Gasteiger partial charge < -0.3 is 10.0 Å². The van der Waals surface area contributed by atoms with Crippen LogP contribution in [0.4, 0.5) is 5.69 Å². The summed E-state index contributed by atoms with van der Waals surface area (Å²) in [6.45, 7) is 0.316. The summed E-state index contributed by atoms with van der Waals surface area (Å²) in [7, 11) is 0. The van der Waals surface area contributed by atoms with Crippen molar-refractivity contribution >= 4 is 45.9 Å². The molecule has 0 spiro atoms. The Labute approximate surface area is 111 Å². The van der Waals surface area contributed by atoms with Gasteiger partial charge in [-0.3, -0.25) is 9.59 Å². The third-order valence-corrected chi connectivity index (χ3v) is 3.11. The molecule has 0 saturated carbocycles. The Balaban J connectivity index is 2.42. The molecule has 1 aliphatic rings. The molecule has 1 aliphatic heterocycles. The van der Waals surface area contributed by atoms with Gasteiger partial charge in [-0.25, -0.2) is 4.79 Å². The Bertz CT molecular complexity index is 526. The van der Waals surface area contributed by atoms with E-state index in [1.807, 2.05) is 22.6 Å². The maximum Gasteiger partial charge on any atom is 0.335 e. The Kier molecular flexibility index (Phi) is 3.14. The molecule has 0 bridgehead atoms. The molecule has 1 saturated heterocycles. The summed E-state index contributed by atoms with van der Waals surface area (Å²) in [6.07, 6.45) is 0.187. The number of ketones is 1. The topological polar surface area (TPSA) is 74.7 Å². The molecule has 1 N–H and O–H groups in total. The number of amides is 1. The van der Waals surface area contributed by atoms with Crippen molar-refractivity contribution in [1.29, 1.82) is 0 Å². The minimum absolute atomic E-state index is 0.110. The van der Waals surface area contributed by atoms with Gasteiger partial charge in [0, 0.05) is 22.2 Å². The minimum atomic E-state index is -1.05. The number of hydrogen-bond donors (Lipinski definition) is 1. The van der Waals surface area contributed by atoms with Crippen LogP contribution in [0.1, 0.15) is 16.8 Å². The molecule has 1 amide bonds. The Hall–Kier alpha value is -1.44. The quantitative estimate of drug-likeness (QED) is 0.648. The van der Waals surface area contributed by atoms with Crippen LogP contribution in [0.5, 0.6) is 0 Å². The molecule has 1 fully saturated rings. The lowest BCUT2D eigenvalue weighted by Crippen LogP contribution is -2.27. The van der Waals surface area contributed by atoms with Gasteiger partial charge in [-0.15, -0.1) is 0 Å². The molecule has 88 valence electrons. The van der Waals surface area contributed by atoms with Crippen LogP contribution in [0.15, 0.2) is 18.2 Å². The first-order valence-electron chi connectivity index (χ1n) is 4.87. The van der Waals surface area contributed by atoms with Crippen molar-refractivity contribution in [3.8, 4) is 0 Å². The molecular weight excluding hydrogens is 337 g/mol.